The first kappa shape index (κ1) is 20.5. The van der Waals surface area contributed by atoms with Crippen LogP contribution in [0.1, 0.15) is 47.5 Å². The zero-order valence-corrected chi connectivity index (χ0v) is 16.4. The number of rotatable bonds is 8. The summed E-state index contributed by atoms with van der Waals surface area (Å²) in [6, 6.07) is 6.62. The smallest absolute Gasteiger partial charge is 0.180 e. The predicted molar refractivity (Wildman–Crippen MR) is 96.8 cm³/mol. The maximum Gasteiger partial charge on any atom is 0.180 e. The molecule has 3 nitrogen and oxygen atoms in total. The average molecular weight is 361 g/mol. The lowest BCUT2D eigenvalue weighted by molar-refractivity contribution is 0.0649. The molecule has 0 saturated carbocycles. The van der Waals surface area contributed by atoms with Gasteiger partial charge in [-0.15, -0.1) is 0 Å². The van der Waals surface area contributed by atoms with E-state index >= 15 is 0 Å². The molecule has 132 valence electrons. The van der Waals surface area contributed by atoms with Gasteiger partial charge in [-0.1, -0.05) is 58.4 Å². The summed E-state index contributed by atoms with van der Waals surface area (Å²) in [5, 5.41) is 0.289. The second-order valence-corrected chi connectivity index (χ2v) is 10.4. The van der Waals surface area contributed by atoms with Gasteiger partial charge in [0, 0.05) is 6.61 Å². The van der Waals surface area contributed by atoms with E-state index in [2.05, 4.69) is 20.8 Å². The lowest BCUT2D eigenvalue weighted by atomic mass is 9.90. The quantitative estimate of drug-likeness (QED) is 0.614. The molecular formula is C18H29ClO3S. The summed E-state index contributed by atoms with van der Waals surface area (Å²) >= 11 is 6.03. The fraction of sp³-hybridized carbons (Fsp3) is 0.667. The van der Waals surface area contributed by atoms with E-state index in [1.807, 2.05) is 13.8 Å². The van der Waals surface area contributed by atoms with Gasteiger partial charge < -0.3 is 4.74 Å². The van der Waals surface area contributed by atoms with Crippen LogP contribution >= 0.6 is 11.6 Å². The van der Waals surface area contributed by atoms with Gasteiger partial charge in [-0.2, -0.15) is 0 Å². The Balaban J connectivity index is 2.56. The van der Waals surface area contributed by atoms with Crippen molar-refractivity contribution in [3.8, 4) is 0 Å². The van der Waals surface area contributed by atoms with Gasteiger partial charge in [-0.25, -0.2) is 8.42 Å². The van der Waals surface area contributed by atoms with Gasteiger partial charge in [0.25, 0.3) is 0 Å². The molecule has 23 heavy (non-hydrogen) atoms. The Morgan fingerprint density at radius 1 is 1.09 bits per heavy atom. The highest BCUT2D eigenvalue weighted by atomic mass is 35.5. The third-order valence-electron chi connectivity index (χ3n) is 3.43. The van der Waals surface area contributed by atoms with Crippen LogP contribution in [0.25, 0.3) is 0 Å². The van der Waals surface area contributed by atoms with Crippen LogP contribution in [0.4, 0.5) is 0 Å². The van der Waals surface area contributed by atoms with Gasteiger partial charge in [0.2, 0.25) is 0 Å². The van der Waals surface area contributed by atoms with E-state index < -0.39 is 9.84 Å². The minimum Gasteiger partial charge on any atom is -0.381 e. The fourth-order valence-electron chi connectivity index (χ4n) is 2.39. The summed E-state index contributed by atoms with van der Waals surface area (Å²) in [6.45, 7) is 11.7. The molecule has 0 heterocycles. The largest absolute Gasteiger partial charge is 0.381 e. The molecule has 0 fully saturated rings. The number of sulfone groups is 1. The minimum absolute atomic E-state index is 0.0863. The number of hydrogen-bond donors (Lipinski definition) is 0. The first-order valence-corrected chi connectivity index (χ1v) is 10.0. The van der Waals surface area contributed by atoms with E-state index in [0.29, 0.717) is 13.2 Å². The molecule has 0 aliphatic rings. The average Bonchev–Trinajstić information content (AvgIpc) is 2.35. The molecular weight excluding hydrogens is 332 g/mol. The third kappa shape index (κ3) is 7.69. The van der Waals surface area contributed by atoms with Crippen molar-refractivity contribution in [3.05, 3.63) is 29.3 Å². The Hall–Kier alpha value is -0.580. The highest BCUT2D eigenvalue weighted by molar-refractivity contribution is 7.91. The van der Waals surface area contributed by atoms with Crippen molar-refractivity contribution in [3.63, 3.8) is 0 Å². The molecule has 0 atom stereocenters. The third-order valence-corrected chi connectivity index (χ3v) is 6.06. The molecule has 0 aromatic heterocycles. The fourth-order valence-corrected chi connectivity index (χ4v) is 4.86. The Morgan fingerprint density at radius 3 is 2.26 bits per heavy atom. The molecule has 1 rings (SSSR count). The van der Waals surface area contributed by atoms with Crippen LogP contribution in [-0.2, 0) is 14.6 Å². The molecule has 0 radical (unpaired) electrons. The maximum absolute atomic E-state index is 12.6. The lowest BCUT2D eigenvalue weighted by Crippen LogP contribution is -2.25. The van der Waals surface area contributed by atoms with Crippen LogP contribution in [-0.4, -0.2) is 27.4 Å². The van der Waals surface area contributed by atoms with E-state index in [1.54, 1.807) is 24.3 Å². The van der Waals surface area contributed by atoms with Crippen molar-refractivity contribution in [2.45, 2.75) is 52.4 Å². The summed E-state index contributed by atoms with van der Waals surface area (Å²) in [5.74, 6) is 0.0863. The number of benzene rings is 1. The number of hydrogen-bond acceptors (Lipinski definition) is 3. The Kier molecular flexibility index (Phi) is 7.12. The first-order valence-electron chi connectivity index (χ1n) is 7.98. The molecule has 5 heteroatoms. The molecule has 0 amide bonds. The predicted octanol–water partition coefficient (Wildman–Crippen LogP) is 4.98. The normalized spacial score (nSPS) is 13.3. The van der Waals surface area contributed by atoms with Gasteiger partial charge in [0.05, 0.1) is 22.3 Å². The summed E-state index contributed by atoms with van der Waals surface area (Å²) in [4.78, 5) is 0.221. The lowest BCUT2D eigenvalue weighted by Gasteiger charge is -2.25. The first-order chi connectivity index (χ1) is 10.4. The van der Waals surface area contributed by atoms with Crippen molar-refractivity contribution in [2.75, 3.05) is 19.0 Å². The number of ether oxygens (including phenoxy) is 1. The molecule has 0 aliphatic carbocycles. The monoisotopic (exact) mass is 360 g/mol. The summed E-state index contributed by atoms with van der Waals surface area (Å²) in [5.41, 5.74) is -0.161. The van der Waals surface area contributed by atoms with Crippen LogP contribution in [0.3, 0.4) is 0 Å². The van der Waals surface area contributed by atoms with Crippen LogP contribution in [0.15, 0.2) is 29.2 Å². The van der Waals surface area contributed by atoms with Crippen molar-refractivity contribution in [1.82, 2.24) is 0 Å². The molecule has 0 unspecified atom stereocenters. The molecule has 0 saturated heterocycles. The Labute approximate surface area is 146 Å². The van der Waals surface area contributed by atoms with Crippen molar-refractivity contribution in [1.29, 1.82) is 0 Å². The molecule has 0 bridgehead atoms. The van der Waals surface area contributed by atoms with Gasteiger partial charge in [-0.05, 0) is 35.8 Å². The van der Waals surface area contributed by atoms with E-state index in [-0.39, 0.29) is 26.5 Å². The highest BCUT2D eigenvalue weighted by Crippen LogP contribution is 2.30. The minimum atomic E-state index is -3.39. The van der Waals surface area contributed by atoms with Crippen molar-refractivity contribution < 1.29 is 13.2 Å². The number of halogens is 1. The van der Waals surface area contributed by atoms with Gasteiger partial charge in [0.1, 0.15) is 0 Å². The topological polar surface area (TPSA) is 43.4 Å². The van der Waals surface area contributed by atoms with Crippen molar-refractivity contribution >= 4 is 21.4 Å². The second-order valence-electron chi connectivity index (χ2n) is 8.07. The zero-order valence-electron chi connectivity index (χ0n) is 14.9. The van der Waals surface area contributed by atoms with E-state index in [1.165, 1.54) is 0 Å². The SMILES string of the molecule is CC(C)(C)COCCCC(C)(C)CS(=O)(=O)c1ccccc1Cl. The van der Waals surface area contributed by atoms with Crippen LogP contribution in [0, 0.1) is 10.8 Å². The second kappa shape index (κ2) is 8.00. The van der Waals surface area contributed by atoms with Gasteiger partial charge in [-0.3, -0.25) is 0 Å². The van der Waals surface area contributed by atoms with E-state index in [9.17, 15) is 8.42 Å². The van der Waals surface area contributed by atoms with Gasteiger partial charge >= 0.3 is 0 Å². The van der Waals surface area contributed by atoms with Crippen molar-refractivity contribution in [2.24, 2.45) is 10.8 Å². The molecule has 0 aliphatic heterocycles. The Morgan fingerprint density at radius 2 is 1.70 bits per heavy atom. The van der Waals surface area contributed by atoms with Crippen LogP contribution in [0.2, 0.25) is 5.02 Å². The van der Waals surface area contributed by atoms with E-state index in [0.717, 1.165) is 12.8 Å². The molecule has 0 N–H and O–H groups in total. The summed E-state index contributed by atoms with van der Waals surface area (Å²) in [6.07, 6.45) is 1.64. The molecule has 0 spiro atoms. The van der Waals surface area contributed by atoms with Crippen LogP contribution in [0.5, 0.6) is 0 Å². The molecule has 1 aromatic carbocycles. The highest BCUT2D eigenvalue weighted by Gasteiger charge is 2.28. The maximum atomic E-state index is 12.6. The standard InChI is InChI=1S/C18H29ClO3S/c1-17(2,3)13-22-12-8-11-18(4,5)14-23(20,21)16-10-7-6-9-15(16)19/h6-7,9-10H,8,11-14H2,1-5H3. The zero-order chi connectivity index (χ0) is 17.7. The summed E-state index contributed by atoms with van der Waals surface area (Å²) in [7, 11) is -3.39. The Bertz CT molecular complexity index is 601. The summed E-state index contributed by atoms with van der Waals surface area (Å²) < 4.78 is 30.8. The van der Waals surface area contributed by atoms with Crippen LogP contribution < -0.4 is 0 Å². The molecule has 1 aromatic rings. The van der Waals surface area contributed by atoms with Gasteiger partial charge in [0.15, 0.2) is 9.84 Å². The van der Waals surface area contributed by atoms with E-state index in [4.69, 9.17) is 16.3 Å².